The van der Waals surface area contributed by atoms with Crippen LogP contribution in [0.3, 0.4) is 0 Å². The highest BCUT2D eigenvalue weighted by molar-refractivity contribution is 5.80. The third kappa shape index (κ3) is 5.57. The van der Waals surface area contributed by atoms with Gasteiger partial charge in [0.15, 0.2) is 0 Å². The molecule has 0 fully saturated rings. The van der Waals surface area contributed by atoms with Crippen molar-refractivity contribution in [3.8, 4) is 0 Å². The van der Waals surface area contributed by atoms with Gasteiger partial charge in [0, 0.05) is 6.54 Å². The van der Waals surface area contributed by atoms with E-state index < -0.39 is 50.3 Å². The fourth-order valence-corrected chi connectivity index (χ4v) is 1.23. The molecule has 19 heavy (non-hydrogen) atoms. The van der Waals surface area contributed by atoms with Crippen molar-refractivity contribution in [2.75, 3.05) is 19.7 Å². The van der Waals surface area contributed by atoms with Gasteiger partial charge >= 0.3 is 12.4 Å². The molecule has 0 rings (SSSR count). The molecule has 0 radical (unpaired) electrons. The molecule has 0 bridgehead atoms. The van der Waals surface area contributed by atoms with Gasteiger partial charge in [0.05, 0.1) is 13.2 Å². The summed E-state index contributed by atoms with van der Waals surface area (Å²) in [6.07, 6.45) is -15.2. The van der Waals surface area contributed by atoms with Gasteiger partial charge in [-0.25, -0.2) is 8.78 Å². The molecule has 0 atom stereocenters. The summed E-state index contributed by atoms with van der Waals surface area (Å²) in [5, 5.41) is 8.38. The maximum Gasteiger partial charge on any atom is 0.409 e. The zero-order valence-corrected chi connectivity index (χ0v) is 9.10. The van der Waals surface area contributed by atoms with Crippen LogP contribution in [-0.2, 0) is 4.79 Å². The highest BCUT2D eigenvalue weighted by Crippen LogP contribution is 2.40. The Labute approximate surface area is 101 Å². The predicted molar refractivity (Wildman–Crippen MR) is 45.3 cm³/mol. The first kappa shape index (κ1) is 17.9. The van der Waals surface area contributed by atoms with Gasteiger partial charge in [0.1, 0.15) is 0 Å². The lowest BCUT2D eigenvalue weighted by atomic mass is 10.1. The molecule has 1 N–H and O–H groups in total. The molecule has 0 aliphatic rings. The zero-order chi connectivity index (χ0) is 15.4. The lowest BCUT2D eigenvalue weighted by Crippen LogP contribution is -2.51. The second kappa shape index (κ2) is 6.35. The van der Waals surface area contributed by atoms with E-state index in [-0.39, 0.29) is 4.90 Å². The van der Waals surface area contributed by atoms with Gasteiger partial charge in [0.2, 0.25) is 11.8 Å². The topological polar surface area (TPSA) is 40.5 Å². The first-order valence-corrected chi connectivity index (χ1v) is 4.72. The van der Waals surface area contributed by atoms with Crippen molar-refractivity contribution in [2.24, 2.45) is 5.92 Å². The van der Waals surface area contributed by atoms with Crippen molar-refractivity contribution >= 4 is 5.91 Å². The predicted octanol–water partition coefficient (Wildman–Crippen LogP) is 1.81. The highest BCUT2D eigenvalue weighted by atomic mass is 19.4. The Morgan fingerprint density at radius 2 is 1.47 bits per heavy atom. The standard InChI is InChI=1S/C8H9F8NO2/c9-4(10)3-17(1-2-18)6(19)5(7(11,12)13)8(14,15)16/h4-5,18H,1-3H2. The molecule has 0 aliphatic carbocycles. The molecule has 11 heteroatoms. The summed E-state index contributed by atoms with van der Waals surface area (Å²) in [6.45, 7) is -3.71. The Morgan fingerprint density at radius 3 is 1.74 bits per heavy atom. The molecule has 0 saturated carbocycles. The van der Waals surface area contributed by atoms with Crippen molar-refractivity contribution in [1.82, 2.24) is 4.90 Å². The number of halogens is 8. The third-order valence-electron chi connectivity index (χ3n) is 1.94. The van der Waals surface area contributed by atoms with Crippen LogP contribution in [0.4, 0.5) is 35.1 Å². The number of alkyl halides is 8. The van der Waals surface area contributed by atoms with Gasteiger partial charge in [-0.1, -0.05) is 0 Å². The van der Waals surface area contributed by atoms with E-state index in [1.54, 1.807) is 0 Å². The Bertz CT molecular complexity index is 286. The quantitative estimate of drug-likeness (QED) is 0.787. The second-order valence-corrected chi connectivity index (χ2v) is 3.42. The van der Waals surface area contributed by atoms with Crippen molar-refractivity contribution in [3.63, 3.8) is 0 Å². The minimum atomic E-state index is -5.95. The van der Waals surface area contributed by atoms with E-state index in [9.17, 15) is 39.9 Å². The lowest BCUT2D eigenvalue weighted by molar-refractivity contribution is -0.278. The fraction of sp³-hybridized carbons (Fsp3) is 0.875. The van der Waals surface area contributed by atoms with E-state index >= 15 is 0 Å². The van der Waals surface area contributed by atoms with Crippen LogP contribution >= 0.6 is 0 Å². The van der Waals surface area contributed by atoms with Crippen molar-refractivity contribution < 1.29 is 45.0 Å². The minimum Gasteiger partial charge on any atom is -0.395 e. The number of rotatable bonds is 5. The molecule has 0 aromatic carbocycles. The third-order valence-corrected chi connectivity index (χ3v) is 1.94. The first-order valence-electron chi connectivity index (χ1n) is 4.72. The Kier molecular flexibility index (Phi) is 5.97. The summed E-state index contributed by atoms with van der Waals surface area (Å²) >= 11 is 0. The molecular formula is C8H9F8NO2. The molecule has 0 aromatic rings. The number of nitrogens with zero attached hydrogens (tertiary/aromatic N) is 1. The molecule has 0 saturated heterocycles. The summed E-state index contributed by atoms with van der Waals surface area (Å²) < 4.78 is 97.1. The van der Waals surface area contributed by atoms with Crippen molar-refractivity contribution in [3.05, 3.63) is 0 Å². The number of aliphatic hydroxyl groups is 1. The molecule has 114 valence electrons. The molecule has 0 aliphatic heterocycles. The van der Waals surface area contributed by atoms with Crippen LogP contribution in [0, 0.1) is 5.92 Å². The van der Waals surface area contributed by atoms with Gasteiger partial charge < -0.3 is 10.0 Å². The Balaban J connectivity index is 5.25. The van der Waals surface area contributed by atoms with E-state index in [1.807, 2.05) is 0 Å². The van der Waals surface area contributed by atoms with Gasteiger partial charge in [-0.3, -0.25) is 4.79 Å². The molecular weight excluding hydrogens is 294 g/mol. The van der Waals surface area contributed by atoms with E-state index in [0.717, 1.165) is 0 Å². The summed E-state index contributed by atoms with van der Waals surface area (Å²) in [7, 11) is 0. The maximum atomic E-state index is 12.2. The van der Waals surface area contributed by atoms with Gasteiger partial charge in [-0.15, -0.1) is 0 Å². The molecule has 0 aromatic heterocycles. The van der Waals surface area contributed by atoms with Gasteiger partial charge in [-0.05, 0) is 0 Å². The van der Waals surface area contributed by atoms with Gasteiger partial charge in [0.25, 0.3) is 6.43 Å². The van der Waals surface area contributed by atoms with Crippen LogP contribution in [0.15, 0.2) is 0 Å². The van der Waals surface area contributed by atoms with Crippen molar-refractivity contribution in [2.45, 2.75) is 18.8 Å². The normalized spacial score (nSPS) is 13.2. The number of carbonyl (C=O) groups excluding carboxylic acids is 1. The number of carbonyl (C=O) groups is 1. The minimum absolute atomic E-state index is 0.365. The summed E-state index contributed by atoms with van der Waals surface area (Å²) in [5.41, 5.74) is 0. The average molecular weight is 303 g/mol. The first-order chi connectivity index (χ1) is 8.41. The average Bonchev–Trinajstić information content (AvgIpc) is 2.11. The van der Waals surface area contributed by atoms with Crippen LogP contribution in [0.1, 0.15) is 0 Å². The smallest absolute Gasteiger partial charge is 0.395 e. The number of hydrogen-bond acceptors (Lipinski definition) is 2. The zero-order valence-electron chi connectivity index (χ0n) is 9.10. The molecule has 0 unspecified atom stereocenters. The van der Waals surface area contributed by atoms with Crippen LogP contribution in [-0.4, -0.2) is 54.4 Å². The highest BCUT2D eigenvalue weighted by Gasteiger charge is 2.62. The van der Waals surface area contributed by atoms with Gasteiger partial charge in [-0.2, -0.15) is 26.3 Å². The SMILES string of the molecule is O=C(C(C(F)(F)F)C(F)(F)F)N(CCO)CC(F)F. The van der Waals surface area contributed by atoms with E-state index in [1.165, 1.54) is 0 Å². The fourth-order valence-electron chi connectivity index (χ4n) is 1.23. The van der Waals surface area contributed by atoms with E-state index in [2.05, 4.69) is 0 Å². The molecule has 0 heterocycles. The molecule has 0 spiro atoms. The molecule has 1 amide bonds. The molecule has 3 nitrogen and oxygen atoms in total. The van der Waals surface area contributed by atoms with Crippen LogP contribution in [0.2, 0.25) is 0 Å². The Morgan fingerprint density at radius 1 is 1.05 bits per heavy atom. The lowest BCUT2D eigenvalue weighted by Gasteiger charge is -2.28. The second-order valence-electron chi connectivity index (χ2n) is 3.42. The van der Waals surface area contributed by atoms with Crippen LogP contribution in [0.5, 0.6) is 0 Å². The largest absolute Gasteiger partial charge is 0.409 e. The summed E-state index contributed by atoms with van der Waals surface area (Å²) in [6, 6.07) is 0. The van der Waals surface area contributed by atoms with Crippen LogP contribution in [0.25, 0.3) is 0 Å². The number of amides is 1. The number of hydrogen-bond donors (Lipinski definition) is 1. The maximum absolute atomic E-state index is 12.2. The summed E-state index contributed by atoms with van der Waals surface area (Å²) in [4.78, 5) is 10.7. The monoisotopic (exact) mass is 303 g/mol. The number of aliphatic hydroxyl groups excluding tert-OH is 1. The van der Waals surface area contributed by atoms with E-state index in [4.69, 9.17) is 5.11 Å². The van der Waals surface area contributed by atoms with E-state index in [0.29, 0.717) is 0 Å². The summed E-state index contributed by atoms with van der Waals surface area (Å²) in [5.74, 6) is -6.94. The van der Waals surface area contributed by atoms with Crippen molar-refractivity contribution in [1.29, 1.82) is 0 Å². The van der Waals surface area contributed by atoms with Crippen LogP contribution < -0.4 is 0 Å². The Hall–Kier alpha value is -1.13.